The number of nitrogen functional groups attached to an aromatic ring is 1. The van der Waals surface area contributed by atoms with Gasteiger partial charge in [0.1, 0.15) is 5.75 Å². The molecule has 112 valence electrons. The molecule has 0 saturated heterocycles. The molecule has 21 heavy (non-hydrogen) atoms. The third-order valence-electron chi connectivity index (χ3n) is 3.02. The fourth-order valence-electron chi connectivity index (χ4n) is 1.99. The highest BCUT2D eigenvalue weighted by molar-refractivity contribution is 6.06. The van der Waals surface area contributed by atoms with Crippen molar-refractivity contribution in [2.45, 2.75) is 26.7 Å². The van der Waals surface area contributed by atoms with Gasteiger partial charge in [-0.2, -0.15) is 5.10 Å². The summed E-state index contributed by atoms with van der Waals surface area (Å²) in [4.78, 5) is 12.2. The average molecular weight is 288 g/mol. The van der Waals surface area contributed by atoms with Crippen LogP contribution in [-0.2, 0) is 6.42 Å². The van der Waals surface area contributed by atoms with Gasteiger partial charge in [-0.05, 0) is 37.6 Å². The molecule has 0 radical (unpaired) electrons. The topological polar surface area (TPSA) is 93.0 Å². The number of carbonyl (C=O) groups excluding carboxylic acids is 1. The number of amides is 1. The number of ether oxygens (including phenoxy) is 1. The Bertz CT molecular complexity index is 605. The summed E-state index contributed by atoms with van der Waals surface area (Å²) in [7, 11) is 0. The van der Waals surface area contributed by atoms with E-state index in [9.17, 15) is 4.79 Å². The third-order valence-corrected chi connectivity index (χ3v) is 3.02. The maximum Gasteiger partial charge on any atom is 0.278 e. The molecule has 0 aliphatic heterocycles. The van der Waals surface area contributed by atoms with Crippen LogP contribution in [0, 0.1) is 0 Å². The van der Waals surface area contributed by atoms with Gasteiger partial charge in [0.05, 0.1) is 18.0 Å². The van der Waals surface area contributed by atoms with E-state index in [1.165, 1.54) is 0 Å². The maximum atomic E-state index is 12.2. The summed E-state index contributed by atoms with van der Waals surface area (Å²) in [5.41, 5.74) is 8.05. The highest BCUT2D eigenvalue weighted by Gasteiger charge is 2.16. The zero-order chi connectivity index (χ0) is 15.2. The van der Waals surface area contributed by atoms with Crippen LogP contribution in [0.25, 0.3) is 0 Å². The van der Waals surface area contributed by atoms with Gasteiger partial charge in [0.25, 0.3) is 5.91 Å². The average Bonchev–Trinajstić information content (AvgIpc) is 2.83. The second-order valence-electron chi connectivity index (χ2n) is 4.63. The van der Waals surface area contributed by atoms with E-state index in [0.717, 1.165) is 24.3 Å². The molecule has 6 nitrogen and oxygen atoms in total. The Morgan fingerprint density at radius 2 is 2.05 bits per heavy atom. The molecular weight excluding hydrogens is 268 g/mol. The first-order valence-corrected chi connectivity index (χ1v) is 7.02. The molecule has 0 saturated carbocycles. The molecule has 0 fully saturated rings. The molecule has 0 aliphatic carbocycles. The van der Waals surface area contributed by atoms with Crippen LogP contribution in [0.4, 0.5) is 11.4 Å². The Hall–Kier alpha value is -2.50. The number of benzene rings is 1. The van der Waals surface area contributed by atoms with Crippen molar-refractivity contribution in [3.05, 3.63) is 35.7 Å². The SMILES string of the molecule is CCCc1[nH]nc(C(=O)Nc2ccc(OCC)cc2)c1N. The standard InChI is InChI=1S/C15H20N4O2/c1-3-5-12-13(16)14(19-18-12)15(20)17-10-6-8-11(9-7-10)21-4-2/h6-9H,3-5,16H2,1-2H3,(H,17,20)(H,18,19). The number of nitrogens with one attached hydrogen (secondary N) is 2. The smallest absolute Gasteiger partial charge is 0.278 e. The minimum Gasteiger partial charge on any atom is -0.494 e. The summed E-state index contributed by atoms with van der Waals surface area (Å²) in [5, 5.41) is 9.57. The van der Waals surface area contributed by atoms with Crippen LogP contribution in [-0.4, -0.2) is 22.7 Å². The highest BCUT2D eigenvalue weighted by atomic mass is 16.5. The van der Waals surface area contributed by atoms with Gasteiger partial charge in [-0.15, -0.1) is 0 Å². The maximum absolute atomic E-state index is 12.2. The van der Waals surface area contributed by atoms with E-state index in [0.29, 0.717) is 18.0 Å². The van der Waals surface area contributed by atoms with Crippen molar-refractivity contribution >= 4 is 17.3 Å². The van der Waals surface area contributed by atoms with Crippen LogP contribution in [0.15, 0.2) is 24.3 Å². The second kappa shape index (κ2) is 6.78. The highest BCUT2D eigenvalue weighted by Crippen LogP contribution is 2.19. The molecule has 4 N–H and O–H groups in total. The monoisotopic (exact) mass is 288 g/mol. The van der Waals surface area contributed by atoms with E-state index < -0.39 is 0 Å². The van der Waals surface area contributed by atoms with Crippen LogP contribution in [0.3, 0.4) is 0 Å². The summed E-state index contributed by atoms with van der Waals surface area (Å²) in [5.74, 6) is 0.440. The number of nitrogens with two attached hydrogens (primary N) is 1. The third kappa shape index (κ3) is 3.53. The Labute approximate surface area is 123 Å². The number of aromatic nitrogens is 2. The van der Waals surface area contributed by atoms with Gasteiger partial charge in [0.2, 0.25) is 0 Å². The lowest BCUT2D eigenvalue weighted by Gasteiger charge is -2.06. The van der Waals surface area contributed by atoms with Gasteiger partial charge in [-0.1, -0.05) is 13.3 Å². The first-order valence-electron chi connectivity index (χ1n) is 7.02. The number of rotatable bonds is 6. The first-order chi connectivity index (χ1) is 10.2. The molecule has 0 atom stereocenters. The van der Waals surface area contributed by atoms with Crippen LogP contribution < -0.4 is 15.8 Å². The second-order valence-corrected chi connectivity index (χ2v) is 4.63. The van der Waals surface area contributed by atoms with E-state index in [4.69, 9.17) is 10.5 Å². The number of carbonyl (C=O) groups is 1. The van der Waals surface area contributed by atoms with Crippen molar-refractivity contribution in [3.8, 4) is 5.75 Å². The summed E-state index contributed by atoms with van der Waals surface area (Å²) < 4.78 is 5.35. The van der Waals surface area contributed by atoms with Gasteiger partial charge in [-0.25, -0.2) is 0 Å². The molecule has 0 bridgehead atoms. The van der Waals surface area contributed by atoms with Crippen molar-refractivity contribution in [1.82, 2.24) is 10.2 Å². The number of anilines is 2. The van der Waals surface area contributed by atoms with Crippen molar-refractivity contribution < 1.29 is 9.53 Å². The number of aromatic amines is 1. The Morgan fingerprint density at radius 3 is 2.67 bits per heavy atom. The van der Waals surface area contributed by atoms with Gasteiger partial charge < -0.3 is 15.8 Å². The number of nitrogens with zero attached hydrogens (tertiary/aromatic N) is 1. The minimum absolute atomic E-state index is 0.229. The molecule has 1 aromatic heterocycles. The lowest BCUT2D eigenvalue weighted by molar-refractivity contribution is 0.102. The van der Waals surface area contributed by atoms with E-state index >= 15 is 0 Å². The largest absolute Gasteiger partial charge is 0.494 e. The Morgan fingerprint density at radius 1 is 1.33 bits per heavy atom. The number of H-pyrrole nitrogens is 1. The van der Waals surface area contributed by atoms with Crippen LogP contribution >= 0.6 is 0 Å². The lowest BCUT2D eigenvalue weighted by Crippen LogP contribution is -2.14. The molecule has 2 aromatic rings. The molecule has 0 spiro atoms. The van der Waals surface area contributed by atoms with Crippen molar-refractivity contribution in [2.75, 3.05) is 17.7 Å². The van der Waals surface area contributed by atoms with Crippen LogP contribution in [0.2, 0.25) is 0 Å². The van der Waals surface area contributed by atoms with Crippen LogP contribution in [0.1, 0.15) is 36.5 Å². The Kier molecular flexibility index (Phi) is 4.81. The van der Waals surface area contributed by atoms with E-state index in [2.05, 4.69) is 15.5 Å². The van der Waals surface area contributed by atoms with Gasteiger partial charge in [0, 0.05) is 5.69 Å². The fourth-order valence-corrected chi connectivity index (χ4v) is 1.99. The number of hydrogen-bond donors (Lipinski definition) is 3. The molecular formula is C15H20N4O2. The first kappa shape index (κ1) is 14.9. The molecule has 0 unspecified atom stereocenters. The van der Waals surface area contributed by atoms with Gasteiger partial charge in [0.15, 0.2) is 5.69 Å². The van der Waals surface area contributed by atoms with Crippen LogP contribution in [0.5, 0.6) is 5.75 Å². The summed E-state index contributed by atoms with van der Waals surface area (Å²) >= 11 is 0. The fraction of sp³-hybridized carbons (Fsp3) is 0.333. The minimum atomic E-state index is -0.324. The number of hydrogen-bond acceptors (Lipinski definition) is 4. The predicted octanol–water partition coefficient (Wildman–Crippen LogP) is 2.60. The van der Waals surface area contributed by atoms with Crippen molar-refractivity contribution in [3.63, 3.8) is 0 Å². The molecule has 1 aromatic carbocycles. The molecule has 1 heterocycles. The van der Waals surface area contributed by atoms with E-state index in [1.54, 1.807) is 24.3 Å². The summed E-state index contributed by atoms with van der Waals surface area (Å²) in [6.45, 7) is 4.57. The zero-order valence-electron chi connectivity index (χ0n) is 12.3. The van der Waals surface area contributed by atoms with Crippen molar-refractivity contribution in [1.29, 1.82) is 0 Å². The van der Waals surface area contributed by atoms with Crippen molar-refractivity contribution in [2.24, 2.45) is 0 Å². The molecule has 1 amide bonds. The lowest BCUT2D eigenvalue weighted by atomic mass is 10.2. The Balaban J connectivity index is 2.07. The summed E-state index contributed by atoms with van der Waals surface area (Å²) in [6.07, 6.45) is 1.71. The number of aryl methyl sites for hydroxylation is 1. The predicted molar refractivity (Wildman–Crippen MR) is 82.6 cm³/mol. The quantitative estimate of drug-likeness (QED) is 0.761. The molecule has 2 rings (SSSR count). The molecule has 0 aliphatic rings. The van der Waals surface area contributed by atoms with E-state index in [1.807, 2.05) is 13.8 Å². The van der Waals surface area contributed by atoms with Gasteiger partial charge in [-0.3, -0.25) is 9.89 Å². The zero-order valence-corrected chi connectivity index (χ0v) is 12.3. The summed E-state index contributed by atoms with van der Waals surface area (Å²) in [6, 6.07) is 7.16. The normalized spacial score (nSPS) is 10.4. The van der Waals surface area contributed by atoms with E-state index in [-0.39, 0.29) is 11.6 Å². The van der Waals surface area contributed by atoms with Gasteiger partial charge >= 0.3 is 0 Å². The molecule has 6 heteroatoms.